The second-order valence-corrected chi connectivity index (χ2v) is 6.46. The highest BCUT2D eigenvalue weighted by Crippen LogP contribution is 2.33. The lowest BCUT2D eigenvalue weighted by molar-refractivity contribution is 0.0729. The first-order valence-electron chi connectivity index (χ1n) is 7.98. The highest BCUT2D eigenvalue weighted by molar-refractivity contribution is 9.10. The number of benzene rings is 2. The number of nitrogens with two attached hydrogens (primary N) is 1. The Morgan fingerprint density at radius 1 is 1.26 bits per heavy atom. The summed E-state index contributed by atoms with van der Waals surface area (Å²) in [7, 11) is 1.50. The molecule has 3 aromatic rings. The van der Waals surface area contributed by atoms with Crippen molar-refractivity contribution >= 4 is 34.1 Å². The first-order chi connectivity index (χ1) is 13.0. The zero-order valence-corrected chi connectivity index (χ0v) is 16.3. The molecule has 2 N–H and O–H groups in total. The minimum atomic E-state index is -0.469. The summed E-state index contributed by atoms with van der Waals surface area (Å²) < 4.78 is 13.0. The van der Waals surface area contributed by atoms with Gasteiger partial charge in [-0.1, -0.05) is 18.2 Å². The highest BCUT2D eigenvalue weighted by atomic mass is 79.9. The number of nitrogen functional groups attached to an aromatic ring is 1. The minimum absolute atomic E-state index is 0.292. The molecule has 138 valence electrons. The number of aromatic nitrogens is 2. The Labute approximate surface area is 164 Å². The molecule has 0 saturated carbocycles. The van der Waals surface area contributed by atoms with Crippen LogP contribution < -0.4 is 15.2 Å². The van der Waals surface area contributed by atoms with Crippen molar-refractivity contribution in [2.24, 2.45) is 5.10 Å². The summed E-state index contributed by atoms with van der Waals surface area (Å²) in [5.74, 6) is 0.524. The van der Waals surface area contributed by atoms with Crippen LogP contribution in [0.1, 0.15) is 21.6 Å². The molecule has 2 aromatic carbocycles. The SMILES string of the molecule is COc1cc(C=Nn2cc(C)nc2N)c(Br)cc1OC(=O)c1ccccc1. The molecule has 1 heterocycles. The fourth-order valence-electron chi connectivity index (χ4n) is 2.34. The van der Waals surface area contributed by atoms with Crippen molar-refractivity contribution in [3.8, 4) is 11.5 Å². The van der Waals surface area contributed by atoms with Crippen LogP contribution >= 0.6 is 15.9 Å². The molecule has 8 heteroatoms. The summed E-state index contributed by atoms with van der Waals surface area (Å²) in [4.78, 5) is 16.4. The summed E-state index contributed by atoms with van der Waals surface area (Å²) in [6, 6.07) is 12.1. The number of aryl methyl sites for hydroxylation is 1. The molecule has 7 nitrogen and oxygen atoms in total. The number of methoxy groups -OCH3 is 1. The first kappa shape index (κ1) is 18.7. The van der Waals surface area contributed by atoms with E-state index in [4.69, 9.17) is 15.2 Å². The molecule has 0 aliphatic carbocycles. The second-order valence-electron chi connectivity index (χ2n) is 5.61. The van der Waals surface area contributed by atoms with Crippen LogP contribution in [0.2, 0.25) is 0 Å². The lowest BCUT2D eigenvalue weighted by atomic mass is 10.2. The third-order valence-electron chi connectivity index (χ3n) is 3.65. The summed E-state index contributed by atoms with van der Waals surface area (Å²) in [6.07, 6.45) is 3.32. The number of esters is 1. The van der Waals surface area contributed by atoms with Gasteiger partial charge in [0.05, 0.1) is 30.8 Å². The third kappa shape index (κ3) is 4.35. The van der Waals surface area contributed by atoms with Gasteiger partial charge in [0.25, 0.3) is 0 Å². The molecule has 0 radical (unpaired) electrons. The molecule has 3 rings (SSSR count). The van der Waals surface area contributed by atoms with Crippen LogP contribution in [0, 0.1) is 6.92 Å². The highest BCUT2D eigenvalue weighted by Gasteiger charge is 2.15. The number of halogens is 1. The number of carbonyl (C=O) groups is 1. The maximum absolute atomic E-state index is 12.3. The van der Waals surface area contributed by atoms with E-state index in [1.165, 1.54) is 11.8 Å². The molecule has 1 aromatic heterocycles. The van der Waals surface area contributed by atoms with E-state index in [9.17, 15) is 4.79 Å². The van der Waals surface area contributed by atoms with Crippen molar-refractivity contribution in [2.75, 3.05) is 12.8 Å². The van der Waals surface area contributed by atoms with Crippen LogP contribution in [0.15, 0.2) is 58.2 Å². The third-order valence-corrected chi connectivity index (χ3v) is 4.34. The number of anilines is 1. The Balaban J connectivity index is 1.87. The molecule has 0 saturated heterocycles. The molecule has 0 atom stereocenters. The van der Waals surface area contributed by atoms with Crippen LogP contribution in [-0.4, -0.2) is 29.0 Å². The zero-order valence-electron chi connectivity index (χ0n) is 14.7. The van der Waals surface area contributed by atoms with Crippen LogP contribution in [0.4, 0.5) is 5.95 Å². The molecule has 27 heavy (non-hydrogen) atoms. The van der Waals surface area contributed by atoms with Crippen LogP contribution in [-0.2, 0) is 0 Å². The van der Waals surface area contributed by atoms with Crippen molar-refractivity contribution in [3.63, 3.8) is 0 Å². The van der Waals surface area contributed by atoms with Gasteiger partial charge in [-0.05, 0) is 47.1 Å². The van der Waals surface area contributed by atoms with E-state index in [-0.39, 0.29) is 0 Å². The molecular formula is C19H17BrN4O3. The lowest BCUT2D eigenvalue weighted by Gasteiger charge is -2.11. The molecule has 0 unspecified atom stereocenters. The van der Waals surface area contributed by atoms with E-state index >= 15 is 0 Å². The molecule has 0 amide bonds. The quantitative estimate of drug-likeness (QED) is 0.380. The van der Waals surface area contributed by atoms with Crippen molar-refractivity contribution in [1.29, 1.82) is 0 Å². The van der Waals surface area contributed by atoms with E-state index in [1.54, 1.807) is 48.8 Å². The number of carbonyl (C=O) groups excluding carboxylic acids is 1. The molecular weight excluding hydrogens is 412 g/mol. The van der Waals surface area contributed by atoms with E-state index in [0.717, 1.165) is 11.3 Å². The standard InChI is InChI=1S/C19H17BrN4O3/c1-12-11-24(19(21)23-12)22-10-14-8-16(26-2)17(9-15(14)20)27-18(25)13-6-4-3-5-7-13/h3-11H,1-2H3,(H2,21,23). The number of nitrogens with zero attached hydrogens (tertiary/aromatic N) is 3. The Kier molecular flexibility index (Phi) is 5.56. The van der Waals surface area contributed by atoms with Gasteiger partial charge in [-0.3, -0.25) is 0 Å². The van der Waals surface area contributed by atoms with Gasteiger partial charge in [-0.2, -0.15) is 5.10 Å². The number of ether oxygens (including phenoxy) is 2. The van der Waals surface area contributed by atoms with Crippen LogP contribution in [0.25, 0.3) is 0 Å². The van der Waals surface area contributed by atoms with Gasteiger partial charge in [0, 0.05) is 10.0 Å². The molecule has 0 bridgehead atoms. The van der Waals surface area contributed by atoms with E-state index in [0.29, 0.717) is 27.5 Å². The van der Waals surface area contributed by atoms with Crippen LogP contribution in [0.5, 0.6) is 11.5 Å². The van der Waals surface area contributed by atoms with Gasteiger partial charge in [-0.15, -0.1) is 0 Å². The minimum Gasteiger partial charge on any atom is -0.493 e. The number of hydrogen-bond acceptors (Lipinski definition) is 6. The second kappa shape index (κ2) is 8.05. The Bertz CT molecular complexity index is 1000. The number of hydrogen-bond donors (Lipinski definition) is 1. The summed E-state index contributed by atoms with van der Waals surface area (Å²) >= 11 is 3.46. The van der Waals surface area contributed by atoms with Gasteiger partial charge >= 0.3 is 5.97 Å². The average molecular weight is 429 g/mol. The number of rotatable bonds is 5. The Morgan fingerprint density at radius 3 is 2.63 bits per heavy atom. The van der Waals surface area contributed by atoms with E-state index < -0.39 is 5.97 Å². The molecule has 0 fully saturated rings. The summed E-state index contributed by atoms with van der Waals surface area (Å²) in [5.41, 5.74) is 7.72. The van der Waals surface area contributed by atoms with Gasteiger partial charge in [0.15, 0.2) is 11.5 Å². The van der Waals surface area contributed by atoms with Gasteiger partial charge < -0.3 is 15.2 Å². The fraction of sp³-hybridized carbons (Fsp3) is 0.105. The summed E-state index contributed by atoms with van der Waals surface area (Å²) in [5, 5.41) is 4.28. The first-order valence-corrected chi connectivity index (χ1v) is 8.78. The van der Waals surface area contributed by atoms with Gasteiger partial charge in [0.2, 0.25) is 5.95 Å². The average Bonchev–Trinajstić information content (AvgIpc) is 2.99. The number of imidazole rings is 1. The summed E-state index contributed by atoms with van der Waals surface area (Å²) in [6.45, 7) is 1.83. The van der Waals surface area contributed by atoms with Crippen molar-refractivity contribution in [2.45, 2.75) is 6.92 Å². The van der Waals surface area contributed by atoms with Crippen molar-refractivity contribution in [1.82, 2.24) is 9.66 Å². The molecule has 0 aliphatic rings. The predicted molar refractivity (Wildman–Crippen MR) is 106 cm³/mol. The van der Waals surface area contributed by atoms with Gasteiger partial charge in [-0.25, -0.2) is 14.5 Å². The zero-order chi connectivity index (χ0) is 19.4. The Morgan fingerprint density at radius 2 is 2.00 bits per heavy atom. The van der Waals surface area contributed by atoms with Crippen LogP contribution in [0.3, 0.4) is 0 Å². The van der Waals surface area contributed by atoms with E-state index in [2.05, 4.69) is 26.0 Å². The lowest BCUT2D eigenvalue weighted by Crippen LogP contribution is -2.09. The topological polar surface area (TPSA) is 91.7 Å². The fourth-order valence-corrected chi connectivity index (χ4v) is 2.77. The molecule has 0 aliphatic heterocycles. The Hall–Kier alpha value is -3.13. The van der Waals surface area contributed by atoms with Crippen molar-refractivity contribution < 1.29 is 14.3 Å². The maximum atomic E-state index is 12.3. The monoisotopic (exact) mass is 428 g/mol. The van der Waals surface area contributed by atoms with Gasteiger partial charge in [0.1, 0.15) is 0 Å². The normalized spacial score (nSPS) is 10.9. The maximum Gasteiger partial charge on any atom is 0.343 e. The largest absolute Gasteiger partial charge is 0.493 e. The molecule has 0 spiro atoms. The smallest absolute Gasteiger partial charge is 0.343 e. The predicted octanol–water partition coefficient (Wildman–Crippen LogP) is 3.65. The van der Waals surface area contributed by atoms with Crippen molar-refractivity contribution in [3.05, 3.63) is 70.0 Å². The van der Waals surface area contributed by atoms with E-state index in [1.807, 2.05) is 13.0 Å².